The van der Waals surface area contributed by atoms with Gasteiger partial charge in [-0.15, -0.1) is 0 Å². The number of amides is 4. The van der Waals surface area contributed by atoms with Gasteiger partial charge in [0.2, 0.25) is 5.91 Å². The van der Waals surface area contributed by atoms with E-state index in [9.17, 15) is 14.4 Å². The summed E-state index contributed by atoms with van der Waals surface area (Å²) in [5.41, 5.74) is 0.322. The predicted molar refractivity (Wildman–Crippen MR) is 136 cm³/mol. The molecule has 0 saturated carbocycles. The molecule has 0 spiro atoms. The van der Waals surface area contributed by atoms with Gasteiger partial charge in [0.25, 0.3) is 5.91 Å². The van der Waals surface area contributed by atoms with Crippen molar-refractivity contribution in [3.05, 3.63) is 41.2 Å². The molecule has 196 valence electrons. The van der Waals surface area contributed by atoms with Gasteiger partial charge in [-0.05, 0) is 45.0 Å². The maximum Gasteiger partial charge on any atom is 0.319 e. The molecule has 3 aliphatic rings. The third-order valence-electron chi connectivity index (χ3n) is 6.58. The molecule has 2 saturated heterocycles. The van der Waals surface area contributed by atoms with Crippen molar-refractivity contribution in [3.63, 3.8) is 0 Å². The van der Waals surface area contributed by atoms with E-state index < -0.39 is 17.7 Å². The number of anilines is 1. The maximum atomic E-state index is 13.6. The summed E-state index contributed by atoms with van der Waals surface area (Å²) in [5, 5.41) is 9.86. The molecular formula is C24H34ClN7O4. The molecule has 3 aliphatic heterocycles. The normalized spacial score (nSPS) is 19.4. The molecule has 3 heterocycles. The van der Waals surface area contributed by atoms with E-state index in [1.807, 2.05) is 35.0 Å². The molecule has 4 amide bonds. The highest BCUT2D eigenvalue weighted by Gasteiger charge is 2.43. The first kappa shape index (κ1) is 26.1. The molecule has 36 heavy (non-hydrogen) atoms. The number of benzene rings is 1. The number of hydrogen-bond donors (Lipinski definition) is 2. The summed E-state index contributed by atoms with van der Waals surface area (Å²) in [5.74, 6) is -0.243. The van der Waals surface area contributed by atoms with Gasteiger partial charge in [0, 0.05) is 56.7 Å². The number of carbonyl (C=O) groups excluding carboxylic acids is 3. The number of piperazine rings is 1. The minimum Gasteiger partial charge on any atom is -0.373 e. The standard InChI is InChI=1S/C24H34ClN7O4/c1-5-36-24(2,3)20(27-23(35)26-18-8-6-17(25)7-9-18)22(34)29-10-12-31(13-11-29)32-16-30-15-28(4)14-19(30)21(32)33/h6-9,14,20H,5,10-13,15-16H2,1-4H3,(H2,26,27,35). The van der Waals surface area contributed by atoms with Crippen LogP contribution in [0.4, 0.5) is 10.5 Å². The van der Waals surface area contributed by atoms with Gasteiger partial charge in [0.15, 0.2) is 0 Å². The number of nitrogens with one attached hydrogen (secondary N) is 2. The Bertz CT molecular complexity index is 1020. The van der Waals surface area contributed by atoms with Gasteiger partial charge in [0.05, 0.1) is 12.3 Å². The summed E-state index contributed by atoms with van der Waals surface area (Å²) in [7, 11) is 1.94. The van der Waals surface area contributed by atoms with Crippen LogP contribution in [0.3, 0.4) is 0 Å². The van der Waals surface area contributed by atoms with E-state index >= 15 is 0 Å². The van der Waals surface area contributed by atoms with Gasteiger partial charge < -0.3 is 30.1 Å². The second kappa shape index (κ2) is 10.5. The first-order valence-corrected chi connectivity index (χ1v) is 12.5. The number of fused-ring (bicyclic) bond motifs is 1. The predicted octanol–water partition coefficient (Wildman–Crippen LogP) is 1.55. The molecule has 4 rings (SSSR count). The van der Waals surface area contributed by atoms with Crippen LogP contribution in [-0.2, 0) is 14.3 Å². The molecule has 1 unspecified atom stereocenters. The van der Waals surface area contributed by atoms with E-state index in [1.54, 1.807) is 48.0 Å². The number of halogens is 1. The Kier molecular flexibility index (Phi) is 7.62. The molecule has 0 bridgehead atoms. The molecule has 2 fully saturated rings. The topological polar surface area (TPSA) is 101 Å². The van der Waals surface area contributed by atoms with Crippen molar-refractivity contribution < 1.29 is 19.1 Å². The highest BCUT2D eigenvalue weighted by atomic mass is 35.5. The van der Waals surface area contributed by atoms with Gasteiger partial charge in [-0.25, -0.2) is 14.8 Å². The lowest BCUT2D eigenvalue weighted by Gasteiger charge is -2.42. The maximum absolute atomic E-state index is 13.6. The molecule has 2 N–H and O–H groups in total. The Morgan fingerprint density at radius 3 is 2.39 bits per heavy atom. The van der Waals surface area contributed by atoms with Crippen molar-refractivity contribution in [2.75, 3.05) is 58.5 Å². The van der Waals surface area contributed by atoms with E-state index in [0.29, 0.717) is 62.5 Å². The summed E-state index contributed by atoms with van der Waals surface area (Å²) in [6.45, 7) is 8.92. The van der Waals surface area contributed by atoms with Crippen molar-refractivity contribution in [3.8, 4) is 0 Å². The molecular weight excluding hydrogens is 486 g/mol. The summed E-state index contributed by atoms with van der Waals surface area (Å²) in [4.78, 5) is 45.0. The van der Waals surface area contributed by atoms with Crippen molar-refractivity contribution in [2.24, 2.45) is 0 Å². The number of hydrazine groups is 1. The summed E-state index contributed by atoms with van der Waals surface area (Å²) < 4.78 is 5.85. The molecule has 12 heteroatoms. The lowest BCUT2D eigenvalue weighted by Crippen LogP contribution is -2.63. The molecule has 0 radical (unpaired) electrons. The van der Waals surface area contributed by atoms with Crippen LogP contribution in [0.2, 0.25) is 5.02 Å². The largest absolute Gasteiger partial charge is 0.373 e. The minimum absolute atomic E-state index is 0.0185. The lowest BCUT2D eigenvalue weighted by atomic mass is 9.96. The zero-order valence-corrected chi connectivity index (χ0v) is 21.9. The summed E-state index contributed by atoms with van der Waals surface area (Å²) >= 11 is 5.92. The lowest BCUT2D eigenvalue weighted by molar-refractivity contribution is -0.152. The average Bonchev–Trinajstić information content (AvgIpc) is 3.35. The van der Waals surface area contributed by atoms with E-state index in [0.717, 1.165) is 0 Å². The number of carbonyl (C=O) groups is 3. The van der Waals surface area contributed by atoms with E-state index in [1.165, 1.54) is 0 Å². The van der Waals surface area contributed by atoms with Gasteiger partial charge in [-0.2, -0.15) is 0 Å². The van der Waals surface area contributed by atoms with Gasteiger partial charge in [0.1, 0.15) is 18.4 Å². The SMILES string of the molecule is CCOC(C)(C)C(NC(=O)Nc1ccc(Cl)cc1)C(=O)N1CCN(N2CN3CN(C)C=C3C2=O)CC1. The molecule has 0 aliphatic carbocycles. The Hall–Kier alpha value is -3.02. The second-order valence-corrected chi connectivity index (χ2v) is 10.1. The van der Waals surface area contributed by atoms with Gasteiger partial charge >= 0.3 is 6.03 Å². The van der Waals surface area contributed by atoms with Gasteiger partial charge in [-0.3, -0.25) is 9.59 Å². The molecule has 1 aromatic carbocycles. The van der Waals surface area contributed by atoms with Crippen LogP contribution in [0.15, 0.2) is 36.2 Å². The number of rotatable bonds is 7. The zero-order chi connectivity index (χ0) is 26.0. The molecule has 0 aromatic heterocycles. The van der Waals surface area contributed by atoms with Crippen LogP contribution < -0.4 is 10.6 Å². The number of ether oxygens (including phenoxy) is 1. The van der Waals surface area contributed by atoms with E-state index in [2.05, 4.69) is 10.6 Å². The first-order valence-electron chi connectivity index (χ1n) is 12.1. The van der Waals surface area contributed by atoms with Crippen LogP contribution in [0.25, 0.3) is 0 Å². The van der Waals surface area contributed by atoms with E-state index in [4.69, 9.17) is 16.3 Å². The number of urea groups is 1. The smallest absolute Gasteiger partial charge is 0.319 e. The zero-order valence-electron chi connectivity index (χ0n) is 21.2. The van der Waals surface area contributed by atoms with Crippen LogP contribution in [0.5, 0.6) is 0 Å². The van der Waals surface area contributed by atoms with Crippen molar-refractivity contribution in [1.29, 1.82) is 0 Å². The Balaban J connectivity index is 1.39. The Morgan fingerprint density at radius 2 is 1.78 bits per heavy atom. The third-order valence-corrected chi connectivity index (χ3v) is 6.83. The molecule has 1 atom stereocenters. The quantitative estimate of drug-likeness (QED) is 0.563. The molecule has 11 nitrogen and oxygen atoms in total. The van der Waals surface area contributed by atoms with Gasteiger partial charge in [-0.1, -0.05) is 11.6 Å². The van der Waals surface area contributed by atoms with Crippen molar-refractivity contribution in [2.45, 2.75) is 32.4 Å². The van der Waals surface area contributed by atoms with Crippen molar-refractivity contribution >= 4 is 35.1 Å². The summed E-state index contributed by atoms with van der Waals surface area (Å²) in [6.07, 6.45) is 1.86. The number of hydrogen-bond acceptors (Lipinski definition) is 7. The van der Waals surface area contributed by atoms with Crippen LogP contribution in [-0.4, -0.2) is 107 Å². The Morgan fingerprint density at radius 1 is 1.11 bits per heavy atom. The highest BCUT2D eigenvalue weighted by molar-refractivity contribution is 6.30. The van der Waals surface area contributed by atoms with E-state index in [-0.39, 0.29) is 11.8 Å². The monoisotopic (exact) mass is 519 g/mol. The first-order chi connectivity index (χ1) is 17.1. The number of nitrogens with zero attached hydrogens (tertiary/aromatic N) is 5. The fourth-order valence-electron chi connectivity index (χ4n) is 4.72. The fraction of sp³-hybridized carbons (Fsp3) is 0.542. The fourth-order valence-corrected chi connectivity index (χ4v) is 4.85. The van der Waals surface area contributed by atoms with Crippen LogP contribution >= 0.6 is 11.6 Å². The third kappa shape index (κ3) is 5.53. The Labute approximate surface area is 216 Å². The van der Waals surface area contributed by atoms with Crippen LogP contribution in [0, 0.1) is 0 Å². The van der Waals surface area contributed by atoms with Crippen molar-refractivity contribution in [1.82, 2.24) is 30.0 Å². The average molecular weight is 520 g/mol. The summed E-state index contributed by atoms with van der Waals surface area (Å²) in [6, 6.07) is 5.30. The molecule has 1 aromatic rings. The minimum atomic E-state index is -0.936. The highest BCUT2D eigenvalue weighted by Crippen LogP contribution is 2.26. The van der Waals surface area contributed by atoms with Crippen LogP contribution in [0.1, 0.15) is 20.8 Å². The second-order valence-electron chi connectivity index (χ2n) is 9.65.